The van der Waals surface area contributed by atoms with Gasteiger partial charge in [0.2, 0.25) is 0 Å². The number of pyridine rings is 1. The summed E-state index contributed by atoms with van der Waals surface area (Å²) in [4.78, 5) is 15.0. The van der Waals surface area contributed by atoms with E-state index in [1.165, 1.54) is 13.1 Å². The number of hydrogen-bond donors (Lipinski definition) is 5. The Balaban J connectivity index is 2.11. The Morgan fingerprint density at radius 2 is 2.00 bits per heavy atom. The lowest BCUT2D eigenvalue weighted by Gasteiger charge is -2.39. The fraction of sp³-hybridized carbons (Fsp3) is 0.571. The molecule has 1 aliphatic heterocycles. The Morgan fingerprint density at radius 3 is 2.61 bits per heavy atom. The number of nitrogens with zero attached hydrogens (tertiary/aromatic N) is 1. The van der Waals surface area contributed by atoms with Gasteiger partial charge in [0.1, 0.15) is 30.2 Å². The molecule has 2 rings (SSSR count). The van der Waals surface area contributed by atoms with E-state index in [2.05, 4.69) is 4.98 Å². The summed E-state index contributed by atoms with van der Waals surface area (Å²) in [7, 11) is 0. The van der Waals surface area contributed by atoms with E-state index in [-0.39, 0.29) is 29.2 Å². The SMILES string of the molecule is Cc1ncc(CO[C@@H]2O[C@H](CO)[C@@H](O)[C@H](O)[C@H]2O)c(C=O)c1O. The highest BCUT2D eigenvalue weighted by molar-refractivity contribution is 5.81. The maximum atomic E-state index is 11.1. The van der Waals surface area contributed by atoms with Crippen molar-refractivity contribution in [3.63, 3.8) is 0 Å². The molecule has 1 aliphatic rings. The molecule has 0 saturated carbocycles. The van der Waals surface area contributed by atoms with Crippen LogP contribution in [0.5, 0.6) is 5.75 Å². The van der Waals surface area contributed by atoms with Crippen LogP contribution in [-0.2, 0) is 16.1 Å². The Kier molecular flexibility index (Phi) is 5.63. The summed E-state index contributed by atoms with van der Waals surface area (Å²) < 4.78 is 10.5. The fourth-order valence-electron chi connectivity index (χ4n) is 2.28. The fourth-order valence-corrected chi connectivity index (χ4v) is 2.28. The minimum absolute atomic E-state index is 0.00194. The molecule has 9 heteroatoms. The molecule has 0 radical (unpaired) electrons. The smallest absolute Gasteiger partial charge is 0.187 e. The number of aliphatic hydroxyl groups excluding tert-OH is 4. The van der Waals surface area contributed by atoms with Crippen LogP contribution in [0.4, 0.5) is 0 Å². The van der Waals surface area contributed by atoms with E-state index in [0.29, 0.717) is 6.29 Å². The monoisotopic (exact) mass is 329 g/mol. The first-order valence-corrected chi connectivity index (χ1v) is 6.95. The largest absolute Gasteiger partial charge is 0.505 e. The number of hydrogen-bond acceptors (Lipinski definition) is 9. The summed E-state index contributed by atoms with van der Waals surface area (Å²) in [5.41, 5.74) is 0.547. The molecule has 0 spiro atoms. The highest BCUT2D eigenvalue weighted by Crippen LogP contribution is 2.25. The van der Waals surface area contributed by atoms with Gasteiger partial charge in [0.25, 0.3) is 0 Å². The van der Waals surface area contributed by atoms with E-state index in [0.717, 1.165) is 0 Å². The number of rotatable bonds is 5. The van der Waals surface area contributed by atoms with Crippen molar-refractivity contribution in [1.82, 2.24) is 4.98 Å². The number of carbonyl (C=O) groups excluding carboxylic acids is 1. The lowest BCUT2D eigenvalue weighted by atomic mass is 9.99. The van der Waals surface area contributed by atoms with Gasteiger partial charge in [0.15, 0.2) is 12.6 Å². The molecule has 0 amide bonds. The number of aldehydes is 1. The van der Waals surface area contributed by atoms with Crippen LogP contribution >= 0.6 is 0 Å². The van der Waals surface area contributed by atoms with Gasteiger partial charge in [0, 0.05) is 11.8 Å². The van der Waals surface area contributed by atoms with Crippen molar-refractivity contribution in [3.05, 3.63) is 23.0 Å². The third-order valence-corrected chi connectivity index (χ3v) is 3.73. The minimum Gasteiger partial charge on any atom is -0.505 e. The maximum absolute atomic E-state index is 11.1. The lowest BCUT2D eigenvalue weighted by Crippen LogP contribution is -2.59. The molecule has 0 bridgehead atoms. The van der Waals surface area contributed by atoms with Crippen molar-refractivity contribution in [1.29, 1.82) is 0 Å². The van der Waals surface area contributed by atoms with Crippen LogP contribution in [0, 0.1) is 6.92 Å². The summed E-state index contributed by atoms with van der Waals surface area (Å²) >= 11 is 0. The zero-order chi connectivity index (χ0) is 17.1. The summed E-state index contributed by atoms with van der Waals surface area (Å²) in [6.07, 6.45) is -5.20. The Bertz CT molecular complexity index is 564. The first-order chi connectivity index (χ1) is 10.9. The van der Waals surface area contributed by atoms with E-state index in [9.17, 15) is 25.2 Å². The van der Waals surface area contributed by atoms with E-state index in [4.69, 9.17) is 14.6 Å². The highest BCUT2D eigenvalue weighted by atomic mass is 16.7. The number of ether oxygens (including phenoxy) is 2. The average molecular weight is 329 g/mol. The van der Waals surface area contributed by atoms with Gasteiger partial charge in [-0.2, -0.15) is 0 Å². The first-order valence-electron chi connectivity index (χ1n) is 6.95. The third-order valence-electron chi connectivity index (χ3n) is 3.73. The van der Waals surface area contributed by atoms with Gasteiger partial charge in [-0.1, -0.05) is 0 Å². The summed E-state index contributed by atoms with van der Waals surface area (Å²) in [5, 5.41) is 48.1. The number of aromatic hydroxyl groups is 1. The maximum Gasteiger partial charge on any atom is 0.187 e. The zero-order valence-corrected chi connectivity index (χ0v) is 12.4. The van der Waals surface area contributed by atoms with Crippen LogP contribution in [0.2, 0.25) is 0 Å². The van der Waals surface area contributed by atoms with Crippen molar-refractivity contribution in [3.8, 4) is 5.75 Å². The number of carbonyl (C=O) groups is 1. The molecule has 1 fully saturated rings. The molecule has 2 heterocycles. The summed E-state index contributed by atoms with van der Waals surface area (Å²) in [6, 6.07) is 0. The molecule has 9 nitrogen and oxygen atoms in total. The van der Waals surface area contributed by atoms with E-state index in [1.54, 1.807) is 0 Å². The summed E-state index contributed by atoms with van der Waals surface area (Å²) in [5.74, 6) is -0.269. The Morgan fingerprint density at radius 1 is 1.30 bits per heavy atom. The van der Waals surface area contributed by atoms with Crippen molar-refractivity contribution in [2.24, 2.45) is 0 Å². The van der Waals surface area contributed by atoms with Crippen LogP contribution in [0.15, 0.2) is 6.20 Å². The van der Waals surface area contributed by atoms with Crippen molar-refractivity contribution >= 4 is 6.29 Å². The molecule has 1 aromatic heterocycles. The molecule has 1 saturated heterocycles. The zero-order valence-electron chi connectivity index (χ0n) is 12.4. The molecule has 23 heavy (non-hydrogen) atoms. The number of aromatic nitrogens is 1. The number of aryl methyl sites for hydroxylation is 1. The van der Waals surface area contributed by atoms with Gasteiger partial charge in [-0.3, -0.25) is 9.78 Å². The molecular weight excluding hydrogens is 310 g/mol. The minimum atomic E-state index is -1.55. The molecule has 128 valence electrons. The predicted molar refractivity (Wildman–Crippen MR) is 74.6 cm³/mol. The Labute approximate surface area is 131 Å². The molecule has 5 atom stereocenters. The first kappa shape index (κ1) is 17.7. The van der Waals surface area contributed by atoms with Crippen LogP contribution in [-0.4, -0.2) is 74.1 Å². The second-order valence-corrected chi connectivity index (χ2v) is 5.26. The van der Waals surface area contributed by atoms with Gasteiger partial charge in [-0.05, 0) is 6.92 Å². The second-order valence-electron chi connectivity index (χ2n) is 5.26. The van der Waals surface area contributed by atoms with E-state index in [1.807, 2.05) is 0 Å². The molecule has 1 aromatic rings. The van der Waals surface area contributed by atoms with Gasteiger partial charge in [0.05, 0.1) is 24.5 Å². The molecule has 5 N–H and O–H groups in total. The van der Waals surface area contributed by atoms with Crippen LogP contribution < -0.4 is 0 Å². The van der Waals surface area contributed by atoms with Crippen molar-refractivity contribution < 1.29 is 39.8 Å². The van der Waals surface area contributed by atoms with E-state index < -0.39 is 37.3 Å². The normalized spacial score (nSPS) is 31.1. The van der Waals surface area contributed by atoms with Gasteiger partial charge in [-0.15, -0.1) is 0 Å². The van der Waals surface area contributed by atoms with Gasteiger partial charge in [-0.25, -0.2) is 0 Å². The molecule has 0 unspecified atom stereocenters. The van der Waals surface area contributed by atoms with Crippen LogP contribution in [0.25, 0.3) is 0 Å². The summed E-state index contributed by atoms with van der Waals surface area (Å²) in [6.45, 7) is 0.722. The molecular formula is C14H19NO8. The lowest BCUT2D eigenvalue weighted by molar-refractivity contribution is -0.304. The quantitative estimate of drug-likeness (QED) is 0.395. The third kappa shape index (κ3) is 3.50. The van der Waals surface area contributed by atoms with Crippen LogP contribution in [0.1, 0.15) is 21.6 Å². The topological polar surface area (TPSA) is 150 Å². The van der Waals surface area contributed by atoms with Crippen molar-refractivity contribution in [2.45, 2.75) is 44.2 Å². The van der Waals surface area contributed by atoms with Crippen molar-refractivity contribution in [2.75, 3.05) is 6.61 Å². The van der Waals surface area contributed by atoms with Crippen LogP contribution in [0.3, 0.4) is 0 Å². The highest BCUT2D eigenvalue weighted by Gasteiger charge is 2.44. The predicted octanol–water partition coefficient (Wildman–Crippen LogP) is -1.78. The van der Waals surface area contributed by atoms with Gasteiger partial charge >= 0.3 is 0 Å². The number of aliphatic hydroxyl groups is 4. The van der Waals surface area contributed by atoms with E-state index >= 15 is 0 Å². The molecule has 0 aliphatic carbocycles. The molecule has 0 aromatic carbocycles. The Hall–Kier alpha value is -1.62. The van der Waals surface area contributed by atoms with Gasteiger partial charge < -0.3 is 35.0 Å². The second kappa shape index (κ2) is 7.30. The standard InChI is InChI=1S/C14H19NO8/c1-6-10(18)8(3-16)7(2-15-6)5-22-14-13(21)12(20)11(19)9(4-17)23-14/h2-3,9,11-14,17-21H,4-5H2,1H3/t9-,11-,12+,13-,14-/m1/s1. The average Bonchev–Trinajstić information content (AvgIpc) is 2.55.